The van der Waals surface area contributed by atoms with E-state index in [1.165, 1.54) is 10.5 Å². The Kier molecular flexibility index (Phi) is 2.72. The molecule has 4 nitrogen and oxygen atoms in total. The van der Waals surface area contributed by atoms with E-state index in [2.05, 4.69) is 6.08 Å². The zero-order chi connectivity index (χ0) is 14.7. The molecule has 1 aliphatic heterocycles. The summed E-state index contributed by atoms with van der Waals surface area (Å²) in [6.07, 6.45) is 9.03. The Morgan fingerprint density at radius 1 is 1.05 bits per heavy atom. The minimum absolute atomic E-state index is 0.0128. The Morgan fingerprint density at radius 2 is 1.86 bits per heavy atom. The Morgan fingerprint density at radius 3 is 2.67 bits per heavy atom. The van der Waals surface area contributed by atoms with Crippen LogP contribution in [-0.2, 0) is 14.4 Å². The second-order valence-electron chi connectivity index (χ2n) is 6.74. The van der Waals surface area contributed by atoms with Crippen molar-refractivity contribution in [3.8, 4) is 0 Å². The molecule has 0 radical (unpaired) electrons. The monoisotopic (exact) mass is 285 g/mol. The highest BCUT2D eigenvalue weighted by Crippen LogP contribution is 2.53. The highest BCUT2D eigenvalue weighted by Gasteiger charge is 2.56. The van der Waals surface area contributed by atoms with E-state index in [9.17, 15) is 14.4 Å². The van der Waals surface area contributed by atoms with Gasteiger partial charge in [-0.3, -0.25) is 19.3 Å². The van der Waals surface area contributed by atoms with Gasteiger partial charge in [-0.25, -0.2) is 0 Å². The van der Waals surface area contributed by atoms with Crippen molar-refractivity contribution in [1.82, 2.24) is 4.90 Å². The van der Waals surface area contributed by atoms with Crippen LogP contribution in [0.5, 0.6) is 0 Å². The predicted molar refractivity (Wildman–Crippen MR) is 75.9 cm³/mol. The average Bonchev–Trinajstić information content (AvgIpc) is 2.71. The summed E-state index contributed by atoms with van der Waals surface area (Å²) in [5.41, 5.74) is 1.28. The smallest absolute Gasteiger partial charge is 0.233 e. The number of rotatable bonds is 0. The molecule has 1 saturated carbocycles. The van der Waals surface area contributed by atoms with Crippen LogP contribution < -0.4 is 0 Å². The summed E-state index contributed by atoms with van der Waals surface area (Å²) in [5.74, 6) is 0.00253. The largest absolute Gasteiger partial charge is 0.295 e. The number of nitrogens with zero attached hydrogens (tertiary/aromatic N) is 1. The van der Waals surface area contributed by atoms with Gasteiger partial charge in [0.15, 0.2) is 5.78 Å². The quantitative estimate of drug-likeness (QED) is 0.503. The van der Waals surface area contributed by atoms with Gasteiger partial charge in [-0.15, -0.1) is 0 Å². The number of hydrogen-bond acceptors (Lipinski definition) is 3. The molecule has 1 saturated heterocycles. The van der Waals surface area contributed by atoms with Crippen molar-refractivity contribution in [3.63, 3.8) is 0 Å². The third-order valence-corrected chi connectivity index (χ3v) is 5.88. The number of allylic oxidation sites excluding steroid dienone is 4. The van der Waals surface area contributed by atoms with Crippen molar-refractivity contribution < 1.29 is 14.4 Å². The number of amides is 2. The average molecular weight is 285 g/mol. The predicted octanol–water partition coefficient (Wildman–Crippen LogP) is 1.72. The first-order chi connectivity index (χ1) is 10.1. The van der Waals surface area contributed by atoms with Crippen LogP contribution in [0.2, 0.25) is 0 Å². The van der Waals surface area contributed by atoms with E-state index < -0.39 is 0 Å². The van der Waals surface area contributed by atoms with Crippen molar-refractivity contribution in [2.45, 2.75) is 25.7 Å². The molecule has 4 aliphatic rings. The van der Waals surface area contributed by atoms with Gasteiger partial charge in [0, 0.05) is 13.0 Å². The molecule has 4 rings (SSSR count). The van der Waals surface area contributed by atoms with Crippen molar-refractivity contribution in [3.05, 3.63) is 23.8 Å². The zero-order valence-corrected chi connectivity index (χ0v) is 12.1. The fourth-order valence-electron chi connectivity index (χ4n) is 4.91. The highest BCUT2D eigenvalue weighted by atomic mass is 16.2. The molecule has 1 heterocycles. The summed E-state index contributed by atoms with van der Waals surface area (Å²) in [6.45, 7) is 0. The van der Waals surface area contributed by atoms with Gasteiger partial charge in [-0.2, -0.15) is 0 Å². The first-order valence-corrected chi connectivity index (χ1v) is 7.81. The molecular weight excluding hydrogens is 266 g/mol. The molecule has 21 heavy (non-hydrogen) atoms. The molecule has 3 aliphatic carbocycles. The van der Waals surface area contributed by atoms with E-state index in [1.54, 1.807) is 13.1 Å². The molecule has 0 spiro atoms. The van der Waals surface area contributed by atoms with Crippen LogP contribution in [0.4, 0.5) is 0 Å². The van der Waals surface area contributed by atoms with E-state index in [4.69, 9.17) is 0 Å². The van der Waals surface area contributed by atoms with E-state index >= 15 is 0 Å². The van der Waals surface area contributed by atoms with Crippen LogP contribution in [0.3, 0.4) is 0 Å². The first-order valence-electron chi connectivity index (χ1n) is 7.81. The molecule has 110 valence electrons. The fraction of sp³-hybridized carbons (Fsp3) is 0.588. The van der Waals surface area contributed by atoms with Crippen LogP contribution in [0, 0.1) is 29.6 Å². The molecule has 2 fully saturated rings. The maximum Gasteiger partial charge on any atom is 0.233 e. The van der Waals surface area contributed by atoms with Gasteiger partial charge in [-0.05, 0) is 43.6 Å². The Balaban J connectivity index is 1.84. The van der Waals surface area contributed by atoms with Crippen LogP contribution in [0.15, 0.2) is 23.8 Å². The summed E-state index contributed by atoms with van der Waals surface area (Å²) in [4.78, 5) is 38.4. The van der Waals surface area contributed by atoms with Gasteiger partial charge < -0.3 is 0 Å². The zero-order valence-electron chi connectivity index (χ0n) is 12.1. The van der Waals surface area contributed by atoms with Crippen LogP contribution >= 0.6 is 0 Å². The van der Waals surface area contributed by atoms with Gasteiger partial charge >= 0.3 is 0 Å². The lowest BCUT2D eigenvalue weighted by atomic mass is 9.58. The second kappa shape index (κ2) is 4.39. The van der Waals surface area contributed by atoms with Crippen LogP contribution in [0.1, 0.15) is 25.7 Å². The van der Waals surface area contributed by atoms with E-state index in [1.807, 2.05) is 6.08 Å². The number of likely N-dealkylation sites (tertiary alicyclic amines) is 1. The van der Waals surface area contributed by atoms with Crippen molar-refractivity contribution >= 4 is 17.6 Å². The lowest BCUT2D eigenvalue weighted by Gasteiger charge is -2.44. The number of imide groups is 1. The van der Waals surface area contributed by atoms with Crippen LogP contribution in [-0.4, -0.2) is 29.5 Å². The third kappa shape index (κ3) is 1.65. The summed E-state index contributed by atoms with van der Waals surface area (Å²) in [5, 5.41) is 0. The molecule has 0 N–H and O–H groups in total. The maximum absolute atomic E-state index is 12.5. The molecule has 5 atom stereocenters. The van der Waals surface area contributed by atoms with Gasteiger partial charge in [-0.1, -0.05) is 17.7 Å². The fourth-order valence-corrected chi connectivity index (χ4v) is 4.91. The van der Waals surface area contributed by atoms with E-state index in [-0.39, 0.29) is 47.2 Å². The van der Waals surface area contributed by atoms with Crippen LogP contribution in [0.25, 0.3) is 0 Å². The normalized spacial score (nSPS) is 43.1. The minimum atomic E-state index is -0.213. The Labute approximate surface area is 123 Å². The number of ketones is 1. The number of carbonyl (C=O) groups excluding carboxylic acids is 3. The van der Waals surface area contributed by atoms with Crippen molar-refractivity contribution in [1.29, 1.82) is 0 Å². The number of carbonyl (C=O) groups is 3. The molecular formula is C17H19NO3. The molecule has 4 bridgehead atoms. The van der Waals surface area contributed by atoms with E-state index in [0.29, 0.717) is 12.8 Å². The molecule has 0 aromatic heterocycles. The Hall–Kier alpha value is -1.71. The number of fused-ring (bicyclic) bond motifs is 2. The van der Waals surface area contributed by atoms with Crippen molar-refractivity contribution in [2.24, 2.45) is 29.6 Å². The third-order valence-electron chi connectivity index (χ3n) is 5.88. The van der Waals surface area contributed by atoms with Gasteiger partial charge in [0.05, 0.1) is 11.8 Å². The Bertz CT molecular complexity index is 603. The van der Waals surface area contributed by atoms with Gasteiger partial charge in [0.1, 0.15) is 0 Å². The molecule has 0 unspecified atom stereocenters. The summed E-state index contributed by atoms with van der Waals surface area (Å²) in [7, 11) is 1.59. The summed E-state index contributed by atoms with van der Waals surface area (Å²) in [6, 6.07) is 0. The molecule has 4 heteroatoms. The van der Waals surface area contributed by atoms with E-state index in [0.717, 1.165) is 12.8 Å². The first kappa shape index (κ1) is 13.0. The molecule has 0 aromatic rings. The minimum Gasteiger partial charge on any atom is -0.295 e. The number of hydrogen-bond donors (Lipinski definition) is 0. The lowest BCUT2D eigenvalue weighted by molar-refractivity contribution is -0.138. The van der Waals surface area contributed by atoms with Crippen molar-refractivity contribution in [2.75, 3.05) is 7.05 Å². The van der Waals surface area contributed by atoms with Gasteiger partial charge in [0.25, 0.3) is 0 Å². The highest BCUT2D eigenvalue weighted by molar-refractivity contribution is 6.05. The lowest BCUT2D eigenvalue weighted by Crippen LogP contribution is -2.42. The summed E-state index contributed by atoms with van der Waals surface area (Å²) >= 11 is 0. The van der Waals surface area contributed by atoms with Gasteiger partial charge in [0.2, 0.25) is 11.8 Å². The standard InChI is InChI=1S/C17H19NO3/c1-18-16(20)13-8-12-9-4-2-5-10(12)14(19)7-3-6-11(9)15(13)17(18)21/h3-4,7,10-13,15H,2,5-6,8H2,1H3/b7-3-/t10-,11+,12+,13+,15-/m1/s1. The summed E-state index contributed by atoms with van der Waals surface area (Å²) < 4.78 is 0. The molecule has 0 aromatic carbocycles. The second-order valence-corrected chi connectivity index (χ2v) is 6.74. The maximum atomic E-state index is 12.5. The molecule has 2 amide bonds. The topological polar surface area (TPSA) is 54.5 Å². The SMILES string of the molecule is CN1C(=O)[C@H]2[C@H](C[C@H]3C4=CCC[C@H]3C(=O)/C=C\C[C@@H]42)C1=O.